The highest BCUT2D eigenvalue weighted by Crippen LogP contribution is 2.07. The van der Waals surface area contributed by atoms with Crippen LogP contribution >= 0.6 is 0 Å². The predicted octanol–water partition coefficient (Wildman–Crippen LogP) is 1.29. The molecule has 0 radical (unpaired) electrons. The van der Waals surface area contributed by atoms with Gasteiger partial charge in [-0.25, -0.2) is 4.79 Å². The van der Waals surface area contributed by atoms with Crippen LogP contribution in [-0.2, 0) is 9.53 Å². The molecule has 60 valence electrons. The number of rotatable bonds is 2. The van der Waals surface area contributed by atoms with Gasteiger partial charge >= 0.3 is 5.97 Å². The molecule has 0 spiro atoms. The van der Waals surface area contributed by atoms with Crippen LogP contribution in [0.1, 0.15) is 13.3 Å². The van der Waals surface area contributed by atoms with E-state index in [9.17, 15) is 4.79 Å². The standard InChI is InChI=1S/C7H10N2O2/c1-2-11-7(10)6-4-3-5-8-9-6/h3,5-6H,2,4H2,1H3. The molecule has 0 N–H and O–H groups in total. The Kier molecular flexibility index (Phi) is 2.77. The number of azo groups is 1. The Bertz CT molecular complexity index is 199. The van der Waals surface area contributed by atoms with E-state index in [0.29, 0.717) is 13.0 Å². The lowest BCUT2D eigenvalue weighted by Gasteiger charge is -2.08. The van der Waals surface area contributed by atoms with E-state index in [4.69, 9.17) is 4.74 Å². The summed E-state index contributed by atoms with van der Waals surface area (Å²) in [7, 11) is 0. The third kappa shape index (κ3) is 2.14. The van der Waals surface area contributed by atoms with Crippen LogP contribution in [0.25, 0.3) is 0 Å². The molecular weight excluding hydrogens is 144 g/mol. The molecule has 0 aromatic rings. The van der Waals surface area contributed by atoms with E-state index in [-0.39, 0.29) is 5.97 Å². The molecule has 1 unspecified atom stereocenters. The second-order valence-electron chi connectivity index (χ2n) is 2.12. The largest absolute Gasteiger partial charge is 0.464 e. The molecule has 0 saturated heterocycles. The minimum atomic E-state index is -0.417. The Morgan fingerprint density at radius 1 is 1.82 bits per heavy atom. The van der Waals surface area contributed by atoms with Gasteiger partial charge in [-0.15, -0.1) is 0 Å². The molecule has 0 fully saturated rings. The lowest BCUT2D eigenvalue weighted by atomic mass is 10.2. The van der Waals surface area contributed by atoms with Crippen LogP contribution in [0.2, 0.25) is 0 Å². The zero-order valence-corrected chi connectivity index (χ0v) is 6.36. The van der Waals surface area contributed by atoms with Gasteiger partial charge in [0.15, 0.2) is 6.04 Å². The van der Waals surface area contributed by atoms with E-state index >= 15 is 0 Å². The Morgan fingerprint density at radius 3 is 3.18 bits per heavy atom. The highest BCUT2D eigenvalue weighted by atomic mass is 16.5. The summed E-state index contributed by atoms with van der Waals surface area (Å²) in [6, 6.07) is -0.417. The van der Waals surface area contributed by atoms with Crippen molar-refractivity contribution in [3.8, 4) is 0 Å². The fourth-order valence-electron chi connectivity index (χ4n) is 0.785. The van der Waals surface area contributed by atoms with Crippen molar-refractivity contribution in [1.29, 1.82) is 0 Å². The topological polar surface area (TPSA) is 51.0 Å². The SMILES string of the molecule is CCOC(=O)C1CC=CN=N1. The minimum absolute atomic E-state index is 0.291. The first-order valence-corrected chi connectivity index (χ1v) is 3.56. The third-order valence-electron chi connectivity index (χ3n) is 1.30. The van der Waals surface area contributed by atoms with Crippen molar-refractivity contribution in [1.82, 2.24) is 0 Å². The molecule has 0 saturated carbocycles. The number of hydrogen-bond acceptors (Lipinski definition) is 4. The van der Waals surface area contributed by atoms with E-state index in [1.54, 1.807) is 19.2 Å². The molecule has 1 aliphatic heterocycles. The lowest BCUT2D eigenvalue weighted by molar-refractivity contribution is -0.144. The first-order valence-electron chi connectivity index (χ1n) is 3.56. The fraction of sp³-hybridized carbons (Fsp3) is 0.571. The number of esters is 1. The molecule has 0 bridgehead atoms. The van der Waals surface area contributed by atoms with Crippen LogP contribution in [0.3, 0.4) is 0 Å². The molecule has 4 heteroatoms. The van der Waals surface area contributed by atoms with Crippen LogP contribution in [0.15, 0.2) is 22.5 Å². The highest BCUT2D eigenvalue weighted by Gasteiger charge is 2.18. The Labute approximate surface area is 65.0 Å². The smallest absolute Gasteiger partial charge is 0.333 e. The number of carbonyl (C=O) groups excluding carboxylic acids is 1. The van der Waals surface area contributed by atoms with Gasteiger partial charge in [0, 0.05) is 12.6 Å². The summed E-state index contributed by atoms with van der Waals surface area (Å²) in [4.78, 5) is 11.0. The summed E-state index contributed by atoms with van der Waals surface area (Å²) in [6.07, 6.45) is 3.98. The normalized spacial score (nSPS) is 21.7. The predicted molar refractivity (Wildman–Crippen MR) is 39.0 cm³/mol. The van der Waals surface area contributed by atoms with Crippen LogP contribution in [0.5, 0.6) is 0 Å². The maximum absolute atomic E-state index is 11.0. The van der Waals surface area contributed by atoms with Crippen molar-refractivity contribution in [3.05, 3.63) is 12.3 Å². The van der Waals surface area contributed by atoms with Gasteiger partial charge < -0.3 is 4.74 Å². The van der Waals surface area contributed by atoms with Gasteiger partial charge in [-0.1, -0.05) is 6.08 Å². The van der Waals surface area contributed by atoms with Gasteiger partial charge in [0.25, 0.3) is 0 Å². The van der Waals surface area contributed by atoms with Crippen molar-refractivity contribution in [2.24, 2.45) is 10.2 Å². The quantitative estimate of drug-likeness (QED) is 0.562. The summed E-state index contributed by atoms with van der Waals surface area (Å²) >= 11 is 0. The number of hydrogen-bond donors (Lipinski definition) is 0. The van der Waals surface area contributed by atoms with Crippen molar-refractivity contribution in [2.75, 3.05) is 6.61 Å². The van der Waals surface area contributed by atoms with Gasteiger partial charge in [-0.2, -0.15) is 10.2 Å². The molecule has 1 atom stereocenters. The number of carbonyl (C=O) groups is 1. The number of nitrogens with zero attached hydrogens (tertiary/aromatic N) is 2. The van der Waals surface area contributed by atoms with Gasteiger partial charge in [0.2, 0.25) is 0 Å². The van der Waals surface area contributed by atoms with Crippen LogP contribution < -0.4 is 0 Å². The molecular formula is C7H10N2O2. The van der Waals surface area contributed by atoms with Gasteiger partial charge in [0.1, 0.15) is 0 Å². The summed E-state index contributed by atoms with van der Waals surface area (Å²) in [5, 5.41) is 7.32. The van der Waals surface area contributed by atoms with E-state index in [1.807, 2.05) is 0 Å². The van der Waals surface area contributed by atoms with Crippen molar-refractivity contribution in [2.45, 2.75) is 19.4 Å². The van der Waals surface area contributed by atoms with Crippen molar-refractivity contribution in [3.63, 3.8) is 0 Å². The number of ether oxygens (including phenoxy) is 1. The van der Waals surface area contributed by atoms with Crippen molar-refractivity contribution < 1.29 is 9.53 Å². The molecule has 0 aromatic carbocycles. The summed E-state index contributed by atoms with van der Waals surface area (Å²) < 4.78 is 4.75. The maximum atomic E-state index is 11.0. The summed E-state index contributed by atoms with van der Waals surface area (Å²) in [5.41, 5.74) is 0. The maximum Gasteiger partial charge on any atom is 0.333 e. The second-order valence-corrected chi connectivity index (χ2v) is 2.12. The van der Waals surface area contributed by atoms with E-state index < -0.39 is 6.04 Å². The molecule has 1 aliphatic rings. The van der Waals surface area contributed by atoms with Crippen molar-refractivity contribution >= 4 is 5.97 Å². The monoisotopic (exact) mass is 154 g/mol. The molecule has 0 amide bonds. The second kappa shape index (κ2) is 3.85. The van der Waals surface area contributed by atoms with Crippen LogP contribution in [0, 0.1) is 0 Å². The summed E-state index contributed by atoms with van der Waals surface area (Å²) in [6.45, 7) is 2.17. The van der Waals surface area contributed by atoms with E-state index in [1.165, 1.54) is 0 Å². The average Bonchev–Trinajstić information content (AvgIpc) is 2.07. The zero-order valence-electron chi connectivity index (χ0n) is 6.36. The Balaban J connectivity index is 2.42. The molecule has 11 heavy (non-hydrogen) atoms. The van der Waals surface area contributed by atoms with Gasteiger partial charge in [-0.05, 0) is 6.92 Å². The third-order valence-corrected chi connectivity index (χ3v) is 1.30. The highest BCUT2D eigenvalue weighted by molar-refractivity contribution is 5.76. The van der Waals surface area contributed by atoms with E-state index in [0.717, 1.165) is 0 Å². The van der Waals surface area contributed by atoms with Crippen LogP contribution in [-0.4, -0.2) is 18.6 Å². The molecule has 0 aliphatic carbocycles. The minimum Gasteiger partial charge on any atom is -0.464 e. The molecule has 0 aromatic heterocycles. The summed E-state index contributed by atoms with van der Waals surface area (Å²) in [5.74, 6) is -0.291. The Morgan fingerprint density at radius 2 is 2.64 bits per heavy atom. The first kappa shape index (κ1) is 7.91. The zero-order chi connectivity index (χ0) is 8.10. The van der Waals surface area contributed by atoms with Crippen LogP contribution in [0.4, 0.5) is 0 Å². The fourth-order valence-corrected chi connectivity index (χ4v) is 0.785. The Hall–Kier alpha value is -1.19. The molecule has 1 rings (SSSR count). The van der Waals surface area contributed by atoms with Gasteiger partial charge in [-0.3, -0.25) is 0 Å². The lowest BCUT2D eigenvalue weighted by Crippen LogP contribution is -2.21. The van der Waals surface area contributed by atoms with E-state index in [2.05, 4.69) is 10.2 Å². The molecule has 4 nitrogen and oxygen atoms in total. The average molecular weight is 154 g/mol. The van der Waals surface area contributed by atoms with Gasteiger partial charge in [0.05, 0.1) is 6.61 Å². The first-order chi connectivity index (χ1) is 5.34. The molecule has 1 heterocycles.